The van der Waals surface area contributed by atoms with Gasteiger partial charge in [-0.05, 0) is 37.8 Å². The number of nitrogens with zero attached hydrogens (tertiary/aromatic N) is 2. The van der Waals surface area contributed by atoms with E-state index < -0.39 is 0 Å². The molecule has 1 aromatic carbocycles. The molecule has 2 bridgehead atoms. The van der Waals surface area contributed by atoms with Crippen molar-refractivity contribution < 1.29 is 9.63 Å². The molecule has 23 heavy (non-hydrogen) atoms. The number of carbonyl (C=O) groups is 1. The van der Waals surface area contributed by atoms with Gasteiger partial charge in [-0.2, -0.15) is 5.06 Å². The number of nitrogens with one attached hydrogen (secondary N) is 1. The average Bonchev–Trinajstić information content (AvgIpc) is 3.10. The number of anilines is 1. The average molecular weight is 313 g/mol. The second-order valence-electron chi connectivity index (χ2n) is 6.52. The molecule has 3 atom stereocenters. The summed E-state index contributed by atoms with van der Waals surface area (Å²) in [7, 11) is 0. The van der Waals surface area contributed by atoms with Crippen molar-refractivity contribution >= 4 is 11.7 Å². The summed E-state index contributed by atoms with van der Waals surface area (Å²) in [6, 6.07) is 10.5. The Balaban J connectivity index is 1.39. The Morgan fingerprint density at radius 3 is 2.74 bits per heavy atom. The highest BCUT2D eigenvalue weighted by Crippen LogP contribution is 2.30. The Kier molecular flexibility index (Phi) is 3.95. The van der Waals surface area contributed by atoms with Crippen LogP contribution in [0.2, 0.25) is 0 Å². The van der Waals surface area contributed by atoms with Crippen LogP contribution in [-0.4, -0.2) is 47.3 Å². The third-order valence-corrected chi connectivity index (χ3v) is 4.97. The fraction of sp³-hybridized carbons (Fsp3) is 0.500. The molecule has 3 unspecified atom stereocenters. The van der Waals surface area contributed by atoms with Crippen molar-refractivity contribution in [3.05, 3.63) is 42.5 Å². The zero-order valence-corrected chi connectivity index (χ0v) is 13.2. The number of hydroxylamine groups is 2. The molecule has 0 aromatic heterocycles. The van der Waals surface area contributed by atoms with Crippen molar-refractivity contribution in [1.82, 2.24) is 9.96 Å². The van der Waals surface area contributed by atoms with Crippen LogP contribution in [0.25, 0.3) is 0 Å². The number of benzene rings is 1. The number of hydrogen-bond donors (Lipinski definition) is 1. The van der Waals surface area contributed by atoms with Crippen molar-refractivity contribution in [2.24, 2.45) is 0 Å². The lowest BCUT2D eigenvalue weighted by molar-refractivity contribution is -0.201. The van der Waals surface area contributed by atoms with Gasteiger partial charge in [-0.25, -0.2) is 4.79 Å². The standard InChI is InChI=1S/C18H23N3O2/c22-18(21-15-8-10-17(23-21)11-9-15)20-12-4-7-16(20)13-19-14-5-2-1-3-6-14/h1-3,5-6,8,10,15-17,19H,4,7,9,11-13H2. The lowest BCUT2D eigenvalue weighted by atomic mass is 9.98. The second kappa shape index (κ2) is 6.24. The summed E-state index contributed by atoms with van der Waals surface area (Å²) in [4.78, 5) is 20.7. The van der Waals surface area contributed by atoms with Crippen LogP contribution in [0.5, 0.6) is 0 Å². The molecule has 2 saturated heterocycles. The molecule has 1 aromatic rings. The van der Waals surface area contributed by atoms with E-state index in [4.69, 9.17) is 4.84 Å². The number of likely N-dealkylation sites (tertiary alicyclic amines) is 1. The number of para-hydroxylation sites is 1. The summed E-state index contributed by atoms with van der Waals surface area (Å²) >= 11 is 0. The molecule has 3 heterocycles. The fourth-order valence-corrected chi connectivity index (χ4v) is 3.69. The third-order valence-electron chi connectivity index (χ3n) is 4.97. The number of carbonyl (C=O) groups excluding carboxylic acids is 1. The quantitative estimate of drug-likeness (QED) is 0.873. The maximum Gasteiger partial charge on any atom is 0.344 e. The number of rotatable bonds is 3. The fourth-order valence-electron chi connectivity index (χ4n) is 3.69. The van der Waals surface area contributed by atoms with Crippen molar-refractivity contribution in [2.75, 3.05) is 18.4 Å². The summed E-state index contributed by atoms with van der Waals surface area (Å²) < 4.78 is 0. The summed E-state index contributed by atoms with van der Waals surface area (Å²) in [5.41, 5.74) is 1.10. The zero-order valence-electron chi connectivity index (χ0n) is 13.2. The first kappa shape index (κ1) is 14.6. The number of urea groups is 1. The van der Waals surface area contributed by atoms with E-state index in [-0.39, 0.29) is 24.2 Å². The summed E-state index contributed by atoms with van der Waals surface area (Å²) in [5, 5.41) is 5.05. The third kappa shape index (κ3) is 2.93. The van der Waals surface area contributed by atoms with Crippen molar-refractivity contribution in [3.63, 3.8) is 0 Å². The molecule has 2 fully saturated rings. The Morgan fingerprint density at radius 1 is 1.17 bits per heavy atom. The van der Waals surface area contributed by atoms with Gasteiger partial charge < -0.3 is 10.2 Å². The van der Waals surface area contributed by atoms with E-state index in [1.807, 2.05) is 23.1 Å². The first-order valence-electron chi connectivity index (χ1n) is 8.55. The second-order valence-corrected chi connectivity index (χ2v) is 6.52. The van der Waals surface area contributed by atoms with Crippen LogP contribution < -0.4 is 5.32 Å². The molecular formula is C18H23N3O2. The minimum absolute atomic E-state index is 0.0291. The molecule has 5 heteroatoms. The topological polar surface area (TPSA) is 44.8 Å². The van der Waals surface area contributed by atoms with Crippen LogP contribution in [-0.2, 0) is 4.84 Å². The van der Waals surface area contributed by atoms with Gasteiger partial charge in [-0.1, -0.05) is 30.4 Å². The van der Waals surface area contributed by atoms with E-state index in [2.05, 4.69) is 29.6 Å². The van der Waals surface area contributed by atoms with E-state index in [0.29, 0.717) is 0 Å². The molecular weight excluding hydrogens is 290 g/mol. The minimum Gasteiger partial charge on any atom is -0.383 e. The van der Waals surface area contributed by atoms with E-state index in [1.165, 1.54) is 0 Å². The first-order valence-corrected chi connectivity index (χ1v) is 8.55. The van der Waals surface area contributed by atoms with E-state index in [1.54, 1.807) is 5.06 Å². The van der Waals surface area contributed by atoms with E-state index in [0.717, 1.165) is 44.5 Å². The predicted molar refractivity (Wildman–Crippen MR) is 88.9 cm³/mol. The van der Waals surface area contributed by atoms with Gasteiger partial charge in [0.25, 0.3) is 0 Å². The highest BCUT2D eigenvalue weighted by Gasteiger charge is 2.39. The highest BCUT2D eigenvalue weighted by molar-refractivity contribution is 5.75. The molecule has 0 saturated carbocycles. The van der Waals surface area contributed by atoms with Gasteiger partial charge in [0.2, 0.25) is 0 Å². The van der Waals surface area contributed by atoms with Gasteiger partial charge in [-0.15, -0.1) is 0 Å². The lowest BCUT2D eigenvalue weighted by Crippen LogP contribution is -2.55. The van der Waals surface area contributed by atoms with Crippen LogP contribution in [0.15, 0.2) is 42.5 Å². The van der Waals surface area contributed by atoms with Crippen LogP contribution in [0.3, 0.4) is 0 Å². The number of fused-ring (bicyclic) bond motifs is 2. The molecule has 1 N–H and O–H groups in total. The van der Waals surface area contributed by atoms with Crippen LogP contribution >= 0.6 is 0 Å². The number of hydrogen-bond acceptors (Lipinski definition) is 3. The van der Waals surface area contributed by atoms with Crippen molar-refractivity contribution in [2.45, 2.75) is 43.9 Å². The van der Waals surface area contributed by atoms with Crippen LogP contribution in [0.4, 0.5) is 10.5 Å². The van der Waals surface area contributed by atoms with E-state index >= 15 is 0 Å². The molecule has 122 valence electrons. The monoisotopic (exact) mass is 313 g/mol. The SMILES string of the molecule is O=C(N1CCCC1CNc1ccccc1)N1OC2C=CC1CC2. The largest absolute Gasteiger partial charge is 0.383 e. The minimum atomic E-state index is 0.0291. The molecule has 1 aliphatic carbocycles. The molecule has 5 rings (SSSR count). The predicted octanol–water partition coefficient (Wildman–Crippen LogP) is 3.02. The maximum absolute atomic E-state index is 12.9. The summed E-state index contributed by atoms with van der Waals surface area (Å²) in [5.74, 6) is 0. The maximum atomic E-state index is 12.9. The van der Waals surface area contributed by atoms with Crippen molar-refractivity contribution in [1.29, 1.82) is 0 Å². The first-order chi connectivity index (χ1) is 11.3. The van der Waals surface area contributed by atoms with Gasteiger partial charge in [0.1, 0.15) is 6.10 Å². The highest BCUT2D eigenvalue weighted by atomic mass is 16.7. The molecule has 3 aliphatic heterocycles. The Morgan fingerprint density at radius 2 is 2.04 bits per heavy atom. The van der Waals surface area contributed by atoms with Crippen LogP contribution in [0, 0.1) is 0 Å². The Hall–Kier alpha value is -2.01. The Labute approximate surface area is 136 Å². The van der Waals surface area contributed by atoms with Gasteiger partial charge >= 0.3 is 6.03 Å². The van der Waals surface area contributed by atoms with Gasteiger partial charge in [-0.3, -0.25) is 4.84 Å². The van der Waals surface area contributed by atoms with Gasteiger partial charge in [0.05, 0.1) is 12.1 Å². The molecule has 2 amide bonds. The summed E-state index contributed by atoms with van der Waals surface area (Å²) in [6.07, 6.45) is 8.40. The van der Waals surface area contributed by atoms with Gasteiger partial charge in [0.15, 0.2) is 0 Å². The molecule has 0 radical (unpaired) electrons. The number of amides is 2. The summed E-state index contributed by atoms with van der Waals surface area (Å²) in [6.45, 7) is 1.61. The van der Waals surface area contributed by atoms with Gasteiger partial charge in [0, 0.05) is 18.8 Å². The smallest absolute Gasteiger partial charge is 0.344 e. The normalized spacial score (nSPS) is 29.1. The van der Waals surface area contributed by atoms with E-state index in [9.17, 15) is 4.79 Å². The van der Waals surface area contributed by atoms with Crippen molar-refractivity contribution in [3.8, 4) is 0 Å². The zero-order chi connectivity index (χ0) is 15.6. The molecule has 5 nitrogen and oxygen atoms in total. The molecule has 0 spiro atoms. The Bertz CT molecular complexity index is 589. The molecule has 4 aliphatic rings. The van der Waals surface area contributed by atoms with Crippen LogP contribution in [0.1, 0.15) is 25.7 Å². The lowest BCUT2D eigenvalue weighted by Gasteiger charge is -2.42.